The van der Waals surface area contributed by atoms with Crippen LogP contribution >= 0.6 is 0 Å². The number of rotatable bonds is 5. The fraction of sp³-hybridized carbons (Fsp3) is 0.238. The molecule has 1 N–H and O–H groups in total. The van der Waals surface area contributed by atoms with Crippen LogP contribution in [0.3, 0.4) is 0 Å². The predicted octanol–water partition coefficient (Wildman–Crippen LogP) is 3.87. The highest BCUT2D eigenvalue weighted by Crippen LogP contribution is 2.28. The van der Waals surface area contributed by atoms with Gasteiger partial charge in [0.1, 0.15) is 5.69 Å². The van der Waals surface area contributed by atoms with E-state index in [1.54, 1.807) is 4.40 Å². The van der Waals surface area contributed by atoms with E-state index < -0.39 is 11.7 Å². The van der Waals surface area contributed by atoms with Crippen molar-refractivity contribution in [2.45, 2.75) is 20.8 Å². The first kappa shape index (κ1) is 17.0. The minimum Gasteiger partial charge on any atom is -0.349 e. The van der Waals surface area contributed by atoms with Crippen molar-refractivity contribution in [2.24, 2.45) is 5.92 Å². The Bertz CT molecular complexity index is 921. The third-order valence-electron chi connectivity index (χ3n) is 4.13. The predicted molar refractivity (Wildman–Crippen MR) is 99.7 cm³/mol. The summed E-state index contributed by atoms with van der Waals surface area (Å²) in [4.78, 5) is 25.2. The van der Waals surface area contributed by atoms with Crippen LogP contribution in [-0.2, 0) is 4.79 Å². The first-order valence-electron chi connectivity index (χ1n) is 8.47. The molecular weight excluding hydrogens is 312 g/mol. The van der Waals surface area contributed by atoms with E-state index >= 15 is 0 Å². The average molecular weight is 334 g/mol. The van der Waals surface area contributed by atoms with Crippen LogP contribution in [0.15, 0.2) is 54.7 Å². The second kappa shape index (κ2) is 6.93. The van der Waals surface area contributed by atoms with Gasteiger partial charge in [0, 0.05) is 23.8 Å². The highest BCUT2D eigenvalue weighted by atomic mass is 16.2. The van der Waals surface area contributed by atoms with E-state index in [2.05, 4.69) is 5.32 Å². The normalized spacial score (nSPS) is 11.0. The number of benzene rings is 1. The first-order chi connectivity index (χ1) is 12.0. The third kappa shape index (κ3) is 3.48. The van der Waals surface area contributed by atoms with Gasteiger partial charge in [-0.05, 0) is 36.6 Å². The van der Waals surface area contributed by atoms with Gasteiger partial charge in [-0.1, -0.05) is 49.7 Å². The molecule has 0 saturated carbocycles. The van der Waals surface area contributed by atoms with E-state index in [1.807, 2.05) is 75.5 Å². The lowest BCUT2D eigenvalue weighted by molar-refractivity contribution is -0.117. The van der Waals surface area contributed by atoms with Crippen molar-refractivity contribution in [2.75, 3.05) is 6.54 Å². The number of hydrogen-bond acceptors (Lipinski definition) is 2. The molecule has 0 atom stereocenters. The molecule has 0 fully saturated rings. The molecule has 128 valence electrons. The molecule has 3 aromatic rings. The molecular formula is C21H22N2O2. The topological polar surface area (TPSA) is 50.6 Å². The van der Waals surface area contributed by atoms with Crippen LogP contribution in [0.1, 0.15) is 29.9 Å². The van der Waals surface area contributed by atoms with Crippen molar-refractivity contribution < 1.29 is 9.59 Å². The highest BCUT2D eigenvalue weighted by molar-refractivity contribution is 6.43. The Hall–Kier alpha value is -2.88. The molecule has 1 aromatic carbocycles. The molecule has 0 aliphatic heterocycles. The number of Topliss-reactive ketones (excluding diaryl/α,β-unsaturated/α-hetero) is 1. The van der Waals surface area contributed by atoms with Gasteiger partial charge in [0.15, 0.2) is 0 Å². The average Bonchev–Trinajstić information content (AvgIpc) is 2.99. The van der Waals surface area contributed by atoms with E-state index in [4.69, 9.17) is 0 Å². The van der Waals surface area contributed by atoms with E-state index in [0.717, 1.165) is 22.2 Å². The lowest BCUT2D eigenvalue weighted by Gasteiger charge is -2.09. The Labute approximate surface area is 147 Å². The summed E-state index contributed by atoms with van der Waals surface area (Å²) in [7, 11) is 0. The van der Waals surface area contributed by atoms with Crippen LogP contribution in [-0.4, -0.2) is 22.6 Å². The first-order valence-corrected chi connectivity index (χ1v) is 8.47. The Morgan fingerprint density at radius 2 is 1.80 bits per heavy atom. The minimum atomic E-state index is -0.564. The van der Waals surface area contributed by atoms with Gasteiger partial charge in [0.25, 0.3) is 11.7 Å². The summed E-state index contributed by atoms with van der Waals surface area (Å²) in [5, 5.41) is 2.72. The number of aromatic nitrogens is 1. The molecule has 2 heterocycles. The molecule has 2 aromatic heterocycles. The van der Waals surface area contributed by atoms with Crippen LogP contribution in [0.2, 0.25) is 0 Å². The number of nitrogens with one attached hydrogen (secondary N) is 1. The number of carbonyl (C=O) groups excluding carboxylic acids is 2. The number of ketones is 1. The summed E-state index contributed by atoms with van der Waals surface area (Å²) in [5.41, 5.74) is 4.14. The second-order valence-electron chi connectivity index (χ2n) is 6.70. The van der Waals surface area contributed by atoms with Crippen molar-refractivity contribution in [3.8, 4) is 11.1 Å². The fourth-order valence-corrected chi connectivity index (χ4v) is 2.79. The van der Waals surface area contributed by atoms with Crippen LogP contribution in [0, 0.1) is 12.8 Å². The number of aryl methyl sites for hydroxylation is 1. The zero-order valence-corrected chi connectivity index (χ0v) is 14.7. The molecule has 1 amide bonds. The lowest BCUT2D eigenvalue weighted by atomic mass is 10.0. The minimum absolute atomic E-state index is 0.289. The molecule has 4 heteroatoms. The molecule has 3 rings (SSSR count). The SMILES string of the molecule is Cc1ccc(-c2cc3ccccn3c2C(=O)C(=O)NCC(C)C)cc1. The van der Waals surface area contributed by atoms with Crippen LogP contribution in [0.25, 0.3) is 16.6 Å². The molecule has 0 unspecified atom stereocenters. The van der Waals surface area contributed by atoms with Gasteiger partial charge in [0.05, 0.1) is 0 Å². The zero-order valence-electron chi connectivity index (χ0n) is 14.7. The van der Waals surface area contributed by atoms with Gasteiger partial charge in [-0.25, -0.2) is 0 Å². The Morgan fingerprint density at radius 1 is 1.08 bits per heavy atom. The Morgan fingerprint density at radius 3 is 2.48 bits per heavy atom. The quantitative estimate of drug-likeness (QED) is 0.569. The molecule has 0 aliphatic rings. The third-order valence-corrected chi connectivity index (χ3v) is 4.13. The molecule has 0 bridgehead atoms. The summed E-state index contributed by atoms with van der Waals surface area (Å²) in [6.45, 7) is 6.49. The molecule has 0 radical (unpaired) electrons. The maximum Gasteiger partial charge on any atom is 0.294 e. The number of fused-ring (bicyclic) bond motifs is 1. The fourth-order valence-electron chi connectivity index (χ4n) is 2.79. The number of amides is 1. The van der Waals surface area contributed by atoms with Gasteiger partial charge in [-0.2, -0.15) is 0 Å². The Kier molecular flexibility index (Phi) is 4.70. The van der Waals surface area contributed by atoms with Crippen molar-refractivity contribution in [1.29, 1.82) is 0 Å². The van der Waals surface area contributed by atoms with Crippen molar-refractivity contribution in [1.82, 2.24) is 9.72 Å². The summed E-state index contributed by atoms with van der Waals surface area (Å²) in [6.07, 6.45) is 1.82. The Balaban J connectivity index is 2.09. The maximum atomic E-state index is 12.9. The van der Waals surface area contributed by atoms with E-state index in [9.17, 15) is 9.59 Å². The van der Waals surface area contributed by atoms with Crippen molar-refractivity contribution in [3.63, 3.8) is 0 Å². The second-order valence-corrected chi connectivity index (χ2v) is 6.70. The van der Waals surface area contributed by atoms with Crippen molar-refractivity contribution >= 4 is 17.2 Å². The summed E-state index contributed by atoms with van der Waals surface area (Å²) in [5.74, 6) is -0.786. The number of nitrogens with zero attached hydrogens (tertiary/aromatic N) is 1. The van der Waals surface area contributed by atoms with Crippen LogP contribution in [0.4, 0.5) is 0 Å². The van der Waals surface area contributed by atoms with Gasteiger partial charge < -0.3 is 9.72 Å². The zero-order chi connectivity index (χ0) is 18.0. The van der Waals surface area contributed by atoms with Gasteiger partial charge in [0.2, 0.25) is 0 Å². The lowest BCUT2D eigenvalue weighted by Crippen LogP contribution is -2.34. The summed E-state index contributed by atoms with van der Waals surface area (Å²) >= 11 is 0. The van der Waals surface area contributed by atoms with Crippen LogP contribution in [0.5, 0.6) is 0 Å². The number of carbonyl (C=O) groups is 2. The number of hydrogen-bond donors (Lipinski definition) is 1. The highest BCUT2D eigenvalue weighted by Gasteiger charge is 2.24. The van der Waals surface area contributed by atoms with Crippen molar-refractivity contribution in [3.05, 3.63) is 66.0 Å². The molecule has 25 heavy (non-hydrogen) atoms. The molecule has 0 spiro atoms. The summed E-state index contributed by atoms with van der Waals surface area (Å²) < 4.78 is 1.78. The molecule has 0 saturated heterocycles. The van der Waals surface area contributed by atoms with Gasteiger partial charge in [-0.3, -0.25) is 9.59 Å². The van der Waals surface area contributed by atoms with Gasteiger partial charge in [-0.15, -0.1) is 0 Å². The monoisotopic (exact) mass is 334 g/mol. The molecule has 0 aliphatic carbocycles. The van der Waals surface area contributed by atoms with E-state index in [1.165, 1.54) is 0 Å². The largest absolute Gasteiger partial charge is 0.349 e. The van der Waals surface area contributed by atoms with E-state index in [0.29, 0.717) is 12.2 Å². The number of pyridine rings is 1. The van der Waals surface area contributed by atoms with E-state index in [-0.39, 0.29) is 5.92 Å². The molecule has 4 nitrogen and oxygen atoms in total. The van der Waals surface area contributed by atoms with Crippen LogP contribution < -0.4 is 5.32 Å². The van der Waals surface area contributed by atoms with Gasteiger partial charge >= 0.3 is 0 Å². The smallest absolute Gasteiger partial charge is 0.294 e. The standard InChI is InChI=1S/C21H22N2O2/c1-14(2)13-22-21(25)20(24)19-18(16-9-7-15(3)8-10-16)12-17-6-4-5-11-23(17)19/h4-12,14H,13H2,1-3H3,(H,22,25). The summed E-state index contributed by atoms with van der Waals surface area (Å²) in [6, 6.07) is 15.6. The maximum absolute atomic E-state index is 12.9.